The average molecular weight is 263 g/mol. The van der Waals surface area contributed by atoms with Crippen LogP contribution >= 0.6 is 12.4 Å². The Kier molecular flexibility index (Phi) is 3.76. The topological polar surface area (TPSA) is 68.3 Å². The third-order valence-electron chi connectivity index (χ3n) is 2.17. The largest absolute Gasteiger partial charge is 0.586 e. The standard InChI is InChI=1S/C10H8F2N2O2.ClH/c11-10(12)15-8-3-1-2-6(9(8)16-10)7(14)4-5-13;/h1-3,7H,4,14H2;1H/t7-;/m0./s1. The fourth-order valence-electron chi connectivity index (χ4n) is 1.49. The highest BCUT2D eigenvalue weighted by molar-refractivity contribution is 5.85. The summed E-state index contributed by atoms with van der Waals surface area (Å²) in [7, 11) is 0. The lowest BCUT2D eigenvalue weighted by atomic mass is 10.0. The first-order valence-corrected chi connectivity index (χ1v) is 4.55. The van der Waals surface area contributed by atoms with Gasteiger partial charge in [0.1, 0.15) is 0 Å². The molecule has 1 aliphatic rings. The van der Waals surface area contributed by atoms with Gasteiger partial charge in [0.05, 0.1) is 12.5 Å². The summed E-state index contributed by atoms with van der Waals surface area (Å²) >= 11 is 0. The number of alkyl halides is 2. The van der Waals surface area contributed by atoms with Crippen molar-refractivity contribution in [2.45, 2.75) is 18.8 Å². The van der Waals surface area contributed by atoms with Crippen LogP contribution in [0.25, 0.3) is 0 Å². The number of nitrogens with two attached hydrogens (primary N) is 1. The minimum atomic E-state index is -3.66. The van der Waals surface area contributed by atoms with Crippen molar-refractivity contribution in [3.63, 3.8) is 0 Å². The molecular weight excluding hydrogens is 254 g/mol. The van der Waals surface area contributed by atoms with Gasteiger partial charge in [-0.3, -0.25) is 0 Å². The van der Waals surface area contributed by atoms with Crippen LogP contribution in [0.4, 0.5) is 8.78 Å². The van der Waals surface area contributed by atoms with Gasteiger partial charge in [0.2, 0.25) is 0 Å². The summed E-state index contributed by atoms with van der Waals surface area (Å²) in [6.45, 7) is 0. The molecule has 0 spiro atoms. The Labute approximate surface area is 102 Å². The molecule has 0 fully saturated rings. The molecule has 1 aliphatic heterocycles. The normalized spacial score (nSPS) is 16.8. The highest BCUT2D eigenvalue weighted by Gasteiger charge is 2.44. The maximum Gasteiger partial charge on any atom is 0.586 e. The summed E-state index contributed by atoms with van der Waals surface area (Å²) in [5, 5.41) is 8.50. The number of rotatable bonds is 2. The van der Waals surface area contributed by atoms with Crippen molar-refractivity contribution in [2.75, 3.05) is 0 Å². The van der Waals surface area contributed by atoms with Crippen LogP contribution in [0.15, 0.2) is 18.2 Å². The van der Waals surface area contributed by atoms with Crippen molar-refractivity contribution in [1.29, 1.82) is 5.26 Å². The third kappa shape index (κ3) is 2.57. The lowest BCUT2D eigenvalue weighted by Gasteiger charge is -2.10. The van der Waals surface area contributed by atoms with Crippen molar-refractivity contribution >= 4 is 12.4 Å². The van der Waals surface area contributed by atoms with Crippen LogP contribution in [0.3, 0.4) is 0 Å². The monoisotopic (exact) mass is 262 g/mol. The fraction of sp³-hybridized carbons (Fsp3) is 0.300. The molecule has 1 heterocycles. The van der Waals surface area contributed by atoms with E-state index in [2.05, 4.69) is 9.47 Å². The fourth-order valence-corrected chi connectivity index (χ4v) is 1.49. The molecular formula is C10H9ClF2N2O2. The van der Waals surface area contributed by atoms with Gasteiger partial charge in [-0.15, -0.1) is 21.2 Å². The number of para-hydroxylation sites is 1. The van der Waals surface area contributed by atoms with Crippen LogP contribution < -0.4 is 15.2 Å². The van der Waals surface area contributed by atoms with E-state index in [0.29, 0.717) is 5.56 Å². The molecule has 0 saturated carbocycles. The highest BCUT2D eigenvalue weighted by Crippen LogP contribution is 2.44. The van der Waals surface area contributed by atoms with Crippen LogP contribution in [0.2, 0.25) is 0 Å². The predicted octanol–water partition coefficient (Wildman–Crippen LogP) is 2.34. The quantitative estimate of drug-likeness (QED) is 0.888. The first kappa shape index (κ1) is 13.5. The lowest BCUT2D eigenvalue weighted by Crippen LogP contribution is -2.26. The van der Waals surface area contributed by atoms with Gasteiger partial charge in [-0.05, 0) is 6.07 Å². The molecule has 0 amide bonds. The Morgan fingerprint density at radius 1 is 1.41 bits per heavy atom. The molecule has 0 aromatic heterocycles. The van der Waals surface area contributed by atoms with Gasteiger partial charge in [-0.25, -0.2) is 0 Å². The first-order valence-electron chi connectivity index (χ1n) is 4.55. The summed E-state index contributed by atoms with van der Waals surface area (Å²) in [5.74, 6) is -0.147. The molecule has 2 rings (SSSR count). The first-order chi connectivity index (χ1) is 7.53. The summed E-state index contributed by atoms with van der Waals surface area (Å²) in [6.07, 6.45) is -3.64. The summed E-state index contributed by atoms with van der Waals surface area (Å²) in [5.41, 5.74) is 6.01. The van der Waals surface area contributed by atoms with Crippen molar-refractivity contribution in [3.05, 3.63) is 23.8 Å². The molecule has 0 unspecified atom stereocenters. The second-order valence-electron chi connectivity index (χ2n) is 3.31. The zero-order valence-corrected chi connectivity index (χ0v) is 9.34. The van der Waals surface area contributed by atoms with Crippen molar-refractivity contribution in [1.82, 2.24) is 0 Å². The van der Waals surface area contributed by atoms with Crippen LogP contribution in [0, 0.1) is 11.3 Å². The average Bonchev–Trinajstić information content (AvgIpc) is 2.51. The number of benzene rings is 1. The van der Waals surface area contributed by atoms with Crippen LogP contribution in [0.5, 0.6) is 11.5 Å². The number of hydrogen-bond acceptors (Lipinski definition) is 4. The van der Waals surface area contributed by atoms with E-state index in [4.69, 9.17) is 11.0 Å². The predicted molar refractivity (Wildman–Crippen MR) is 57.1 cm³/mol. The van der Waals surface area contributed by atoms with Gasteiger partial charge in [0.15, 0.2) is 11.5 Å². The van der Waals surface area contributed by atoms with E-state index in [9.17, 15) is 8.78 Å². The van der Waals surface area contributed by atoms with E-state index in [1.807, 2.05) is 6.07 Å². The van der Waals surface area contributed by atoms with E-state index < -0.39 is 12.3 Å². The van der Waals surface area contributed by atoms with E-state index in [0.717, 1.165) is 0 Å². The molecule has 1 aromatic rings. The van der Waals surface area contributed by atoms with Gasteiger partial charge < -0.3 is 15.2 Å². The molecule has 4 nitrogen and oxygen atoms in total. The Bertz CT molecular complexity index is 462. The molecule has 1 aromatic carbocycles. The van der Waals surface area contributed by atoms with Crippen molar-refractivity contribution in [3.8, 4) is 17.6 Å². The summed E-state index contributed by atoms with van der Waals surface area (Å²) in [6, 6.07) is 5.62. The van der Waals surface area contributed by atoms with Crippen LogP contribution in [-0.2, 0) is 0 Å². The Hall–Kier alpha value is -1.58. The molecule has 92 valence electrons. The van der Waals surface area contributed by atoms with E-state index >= 15 is 0 Å². The Morgan fingerprint density at radius 3 is 2.76 bits per heavy atom. The third-order valence-corrected chi connectivity index (χ3v) is 2.17. The molecule has 2 N–H and O–H groups in total. The van der Waals surface area contributed by atoms with E-state index in [-0.39, 0.29) is 30.3 Å². The molecule has 0 aliphatic carbocycles. The minimum absolute atomic E-state index is 0. The lowest BCUT2D eigenvalue weighted by molar-refractivity contribution is -0.287. The molecule has 17 heavy (non-hydrogen) atoms. The van der Waals surface area contributed by atoms with E-state index in [1.165, 1.54) is 18.2 Å². The molecule has 7 heteroatoms. The van der Waals surface area contributed by atoms with Crippen molar-refractivity contribution in [2.24, 2.45) is 5.73 Å². The second-order valence-corrected chi connectivity index (χ2v) is 3.31. The Balaban J connectivity index is 0.00000144. The van der Waals surface area contributed by atoms with Gasteiger partial charge in [0.25, 0.3) is 0 Å². The number of ether oxygens (including phenoxy) is 2. The van der Waals surface area contributed by atoms with Crippen LogP contribution in [-0.4, -0.2) is 6.29 Å². The maximum atomic E-state index is 12.8. The number of hydrogen-bond donors (Lipinski definition) is 1. The minimum Gasteiger partial charge on any atom is -0.395 e. The number of fused-ring (bicyclic) bond motifs is 1. The number of halogens is 3. The van der Waals surface area contributed by atoms with E-state index in [1.54, 1.807) is 0 Å². The van der Waals surface area contributed by atoms with Gasteiger partial charge >= 0.3 is 6.29 Å². The van der Waals surface area contributed by atoms with Gasteiger partial charge in [-0.2, -0.15) is 5.26 Å². The molecule has 0 bridgehead atoms. The van der Waals surface area contributed by atoms with Crippen LogP contribution in [0.1, 0.15) is 18.0 Å². The summed E-state index contributed by atoms with van der Waals surface area (Å²) in [4.78, 5) is 0. The van der Waals surface area contributed by atoms with Gasteiger partial charge in [0, 0.05) is 11.6 Å². The van der Waals surface area contributed by atoms with Gasteiger partial charge in [-0.1, -0.05) is 12.1 Å². The molecule has 1 atom stereocenters. The zero-order chi connectivity index (χ0) is 11.8. The SMILES string of the molecule is Cl.N#CC[C@H](N)c1cccc2c1OC(F)(F)O2. The number of nitrogens with zero attached hydrogens (tertiary/aromatic N) is 1. The van der Waals surface area contributed by atoms with Crippen molar-refractivity contribution < 1.29 is 18.3 Å². The highest BCUT2D eigenvalue weighted by atomic mass is 35.5. The maximum absolute atomic E-state index is 12.8. The molecule has 0 saturated heterocycles. The smallest absolute Gasteiger partial charge is 0.395 e. The molecule has 0 radical (unpaired) electrons. The Morgan fingerprint density at radius 2 is 2.12 bits per heavy atom. The summed E-state index contributed by atoms with van der Waals surface area (Å²) < 4.78 is 34.2. The second kappa shape index (κ2) is 4.73. The zero-order valence-electron chi connectivity index (χ0n) is 8.52. The number of nitriles is 1.